The molecule has 0 amide bonds. The van der Waals surface area contributed by atoms with Gasteiger partial charge in [-0.05, 0) is 37.1 Å². The zero-order valence-electron chi connectivity index (χ0n) is 10.6. The molecule has 0 saturated carbocycles. The lowest BCUT2D eigenvalue weighted by molar-refractivity contribution is -0.131. The zero-order chi connectivity index (χ0) is 14.3. The molecule has 0 radical (unpaired) electrons. The Hall–Kier alpha value is -1.72. The molecular formula is C11H15N2O5P. The molecule has 8 heteroatoms. The number of rotatable bonds is 7. The summed E-state index contributed by atoms with van der Waals surface area (Å²) in [7, 11) is -0.339. The molecule has 0 fully saturated rings. The van der Waals surface area contributed by atoms with Crippen LogP contribution in [0.1, 0.15) is 11.1 Å². The normalized spacial score (nSPS) is 10.5. The molecule has 19 heavy (non-hydrogen) atoms. The van der Waals surface area contributed by atoms with Gasteiger partial charge in [0, 0.05) is 0 Å². The third-order valence-corrected chi connectivity index (χ3v) is 2.89. The van der Waals surface area contributed by atoms with Gasteiger partial charge in [-0.1, -0.05) is 0 Å². The minimum atomic E-state index is -0.489. The number of benzene rings is 1. The van der Waals surface area contributed by atoms with Gasteiger partial charge in [0.1, 0.15) is 33.2 Å². The number of carbonyl (C=O) groups is 1. The van der Waals surface area contributed by atoms with E-state index in [4.69, 9.17) is 15.2 Å². The number of nitrogens with zero attached hydrogens (tertiary/aromatic N) is 1. The van der Waals surface area contributed by atoms with Gasteiger partial charge in [-0.3, -0.25) is 10.5 Å². The molecular weight excluding hydrogens is 271 g/mol. The molecule has 1 aromatic carbocycles. The maximum atomic E-state index is 11.5. The fourth-order valence-electron chi connectivity index (χ4n) is 1.39. The van der Waals surface area contributed by atoms with E-state index < -0.39 is 5.97 Å². The van der Waals surface area contributed by atoms with Crippen LogP contribution in [0.2, 0.25) is 0 Å². The van der Waals surface area contributed by atoms with Gasteiger partial charge in [-0.25, -0.2) is 0 Å². The van der Waals surface area contributed by atoms with E-state index in [1.165, 1.54) is 0 Å². The van der Waals surface area contributed by atoms with Crippen molar-refractivity contribution >= 4 is 14.8 Å². The number of esters is 1. The predicted octanol–water partition coefficient (Wildman–Crippen LogP) is 1.80. The largest absolute Gasteiger partial charge is 0.478 e. The van der Waals surface area contributed by atoms with E-state index in [1.54, 1.807) is 19.1 Å². The fraction of sp³-hybridized carbons (Fsp3) is 0.364. The first kappa shape index (κ1) is 15.3. The van der Waals surface area contributed by atoms with Gasteiger partial charge in [0.2, 0.25) is 0 Å². The Labute approximate surface area is 112 Å². The summed E-state index contributed by atoms with van der Waals surface area (Å²) in [5, 5.41) is 2.20. The standard InChI is InChI=1S/C11H15N2O5P/c1-7-4-10(8(2)3-9(7)16-6-12)17-11(14)5-19-18-13-15/h3-4,19H,5-6,12H2,1-2H3. The average molecular weight is 286 g/mol. The second-order valence-corrected chi connectivity index (χ2v) is 4.48. The summed E-state index contributed by atoms with van der Waals surface area (Å²) in [6.45, 7) is 3.69. The molecule has 0 aliphatic heterocycles. The molecule has 1 unspecified atom stereocenters. The van der Waals surface area contributed by atoms with Crippen LogP contribution in [0, 0.1) is 18.8 Å². The molecule has 0 aromatic heterocycles. The van der Waals surface area contributed by atoms with Crippen LogP contribution in [0.25, 0.3) is 0 Å². The van der Waals surface area contributed by atoms with Crippen molar-refractivity contribution in [1.29, 1.82) is 0 Å². The SMILES string of the molecule is Cc1cc(OC(=O)CPON=O)c(C)cc1OCN. The molecule has 104 valence electrons. The van der Waals surface area contributed by atoms with E-state index in [0.717, 1.165) is 11.1 Å². The van der Waals surface area contributed by atoms with Gasteiger partial charge in [0.05, 0.1) is 0 Å². The second-order valence-electron chi connectivity index (χ2n) is 3.66. The predicted molar refractivity (Wildman–Crippen MR) is 71.3 cm³/mol. The lowest BCUT2D eigenvalue weighted by Crippen LogP contribution is -2.12. The van der Waals surface area contributed by atoms with E-state index in [1.807, 2.05) is 6.92 Å². The molecule has 0 spiro atoms. The Morgan fingerprint density at radius 3 is 2.58 bits per heavy atom. The summed E-state index contributed by atoms with van der Waals surface area (Å²) in [6, 6.07) is 3.44. The third-order valence-electron chi connectivity index (χ3n) is 2.25. The van der Waals surface area contributed by atoms with Gasteiger partial charge in [-0.15, -0.1) is 4.91 Å². The van der Waals surface area contributed by atoms with Crippen LogP contribution in [0.4, 0.5) is 0 Å². The van der Waals surface area contributed by atoms with E-state index in [9.17, 15) is 9.70 Å². The molecule has 0 bridgehead atoms. The second kappa shape index (κ2) is 7.66. The van der Waals surface area contributed by atoms with Gasteiger partial charge in [0.15, 0.2) is 5.34 Å². The number of aryl methyl sites for hydroxylation is 2. The van der Waals surface area contributed by atoms with Gasteiger partial charge in [0.25, 0.3) is 0 Å². The molecule has 2 N–H and O–H groups in total. The Bertz CT molecular complexity index is 467. The fourth-order valence-corrected chi connectivity index (χ4v) is 1.70. The highest BCUT2D eigenvalue weighted by molar-refractivity contribution is 7.33. The molecule has 7 nitrogen and oxygen atoms in total. The summed E-state index contributed by atoms with van der Waals surface area (Å²) in [6.07, 6.45) is -0.0225. The van der Waals surface area contributed by atoms with Gasteiger partial charge >= 0.3 is 5.97 Å². The molecule has 0 aliphatic carbocycles. The number of ether oxygens (including phenoxy) is 2. The minimum absolute atomic E-state index is 0.0225. The van der Waals surface area contributed by atoms with E-state index in [2.05, 4.69) is 9.96 Å². The van der Waals surface area contributed by atoms with Gasteiger partial charge in [-0.2, -0.15) is 0 Å². The van der Waals surface area contributed by atoms with Crippen LogP contribution < -0.4 is 15.2 Å². The quantitative estimate of drug-likeness (QED) is 0.156. The summed E-state index contributed by atoms with van der Waals surface area (Å²) in [4.78, 5) is 21.2. The summed E-state index contributed by atoms with van der Waals surface area (Å²) in [5.74, 6) is 0.600. The van der Waals surface area contributed by atoms with Crippen LogP contribution in [0.15, 0.2) is 17.5 Å². The molecule has 0 heterocycles. The van der Waals surface area contributed by atoms with Crippen molar-refractivity contribution in [1.82, 2.24) is 0 Å². The Morgan fingerprint density at radius 2 is 1.95 bits per heavy atom. The summed E-state index contributed by atoms with van der Waals surface area (Å²) >= 11 is 0. The minimum Gasteiger partial charge on any atom is -0.478 e. The zero-order valence-corrected chi connectivity index (χ0v) is 11.6. The van der Waals surface area contributed by atoms with Crippen molar-refractivity contribution in [3.8, 4) is 11.5 Å². The van der Waals surface area contributed by atoms with E-state index in [-0.39, 0.29) is 21.7 Å². The summed E-state index contributed by atoms with van der Waals surface area (Å²) < 4.78 is 14.6. The average Bonchev–Trinajstić information content (AvgIpc) is 2.36. The molecule has 1 aromatic rings. The van der Waals surface area contributed by atoms with Crippen LogP contribution in [-0.4, -0.2) is 18.9 Å². The first-order valence-corrected chi connectivity index (χ1v) is 6.56. The van der Waals surface area contributed by atoms with Crippen LogP contribution in [0.3, 0.4) is 0 Å². The number of hydrogen-bond donors (Lipinski definition) is 1. The third kappa shape index (κ3) is 4.81. The van der Waals surface area contributed by atoms with Gasteiger partial charge < -0.3 is 14.1 Å². The number of nitrogens with two attached hydrogens (primary N) is 1. The van der Waals surface area contributed by atoms with E-state index >= 15 is 0 Å². The van der Waals surface area contributed by atoms with Crippen molar-refractivity contribution < 1.29 is 18.9 Å². The first-order valence-electron chi connectivity index (χ1n) is 5.44. The lowest BCUT2D eigenvalue weighted by atomic mass is 10.1. The monoisotopic (exact) mass is 286 g/mol. The highest BCUT2D eigenvalue weighted by atomic mass is 31.1. The molecule has 1 atom stereocenters. The Morgan fingerprint density at radius 1 is 1.32 bits per heavy atom. The van der Waals surface area contributed by atoms with Crippen LogP contribution in [0.5, 0.6) is 11.5 Å². The lowest BCUT2D eigenvalue weighted by Gasteiger charge is -2.12. The van der Waals surface area contributed by atoms with Crippen LogP contribution in [-0.2, 0) is 9.42 Å². The smallest absolute Gasteiger partial charge is 0.318 e. The van der Waals surface area contributed by atoms with Crippen molar-refractivity contribution in [3.63, 3.8) is 0 Å². The highest BCUT2D eigenvalue weighted by Crippen LogP contribution is 2.28. The number of carbonyl (C=O) groups excluding carboxylic acids is 1. The topological polar surface area (TPSA) is 100 Å². The highest BCUT2D eigenvalue weighted by Gasteiger charge is 2.11. The molecule has 1 rings (SSSR count). The maximum Gasteiger partial charge on any atom is 0.318 e. The van der Waals surface area contributed by atoms with Crippen LogP contribution >= 0.6 is 8.81 Å². The van der Waals surface area contributed by atoms with Crippen molar-refractivity contribution in [2.75, 3.05) is 12.9 Å². The van der Waals surface area contributed by atoms with Crippen molar-refractivity contribution in [3.05, 3.63) is 28.2 Å². The van der Waals surface area contributed by atoms with Crippen molar-refractivity contribution in [2.45, 2.75) is 13.8 Å². The number of hydrogen-bond acceptors (Lipinski definition) is 7. The first-order chi connectivity index (χ1) is 9.08. The van der Waals surface area contributed by atoms with E-state index in [0.29, 0.717) is 11.5 Å². The Balaban J connectivity index is 2.70. The molecule has 0 saturated heterocycles. The van der Waals surface area contributed by atoms with Crippen molar-refractivity contribution in [2.24, 2.45) is 11.1 Å². The molecule has 0 aliphatic rings. The maximum absolute atomic E-state index is 11.5. The summed E-state index contributed by atoms with van der Waals surface area (Å²) in [5.41, 5.74) is 6.87. The Kier molecular flexibility index (Phi) is 6.18.